The lowest BCUT2D eigenvalue weighted by molar-refractivity contribution is -0.111. The molecular formula is C29H28ClNO3. The molecule has 1 heterocycles. The van der Waals surface area contributed by atoms with Crippen LogP contribution in [0.2, 0.25) is 5.02 Å². The van der Waals surface area contributed by atoms with Gasteiger partial charge in [0, 0.05) is 28.2 Å². The Labute approximate surface area is 205 Å². The number of ether oxygens (including phenoxy) is 1. The Morgan fingerprint density at radius 1 is 1.09 bits per heavy atom. The normalized spacial score (nSPS) is 11.6. The van der Waals surface area contributed by atoms with Crippen LogP contribution in [0, 0.1) is 20.8 Å². The van der Waals surface area contributed by atoms with Gasteiger partial charge >= 0.3 is 0 Å². The monoisotopic (exact) mass is 473 g/mol. The predicted molar refractivity (Wildman–Crippen MR) is 141 cm³/mol. The molecule has 0 aliphatic rings. The first-order chi connectivity index (χ1) is 16.3. The van der Waals surface area contributed by atoms with Crippen molar-refractivity contribution in [3.05, 3.63) is 88.1 Å². The van der Waals surface area contributed by atoms with Gasteiger partial charge in [0.1, 0.15) is 11.3 Å². The van der Waals surface area contributed by atoms with Gasteiger partial charge in [-0.1, -0.05) is 47.5 Å². The highest BCUT2D eigenvalue weighted by molar-refractivity contribution is 6.33. The van der Waals surface area contributed by atoms with Crippen molar-refractivity contribution < 1.29 is 13.9 Å². The van der Waals surface area contributed by atoms with Crippen LogP contribution in [-0.4, -0.2) is 12.5 Å². The number of fused-ring (bicyclic) bond motifs is 1. The fourth-order valence-electron chi connectivity index (χ4n) is 4.27. The molecule has 4 aromatic rings. The van der Waals surface area contributed by atoms with Gasteiger partial charge in [-0.15, -0.1) is 0 Å². The van der Waals surface area contributed by atoms with E-state index < -0.39 is 0 Å². The van der Waals surface area contributed by atoms with Gasteiger partial charge in [0.25, 0.3) is 0 Å². The second-order valence-corrected chi connectivity index (χ2v) is 8.86. The lowest BCUT2D eigenvalue weighted by Crippen LogP contribution is -2.09. The number of halogens is 1. The molecule has 0 bridgehead atoms. The van der Waals surface area contributed by atoms with E-state index >= 15 is 0 Å². The molecule has 1 amide bonds. The number of furan rings is 1. The quantitative estimate of drug-likeness (QED) is 0.287. The summed E-state index contributed by atoms with van der Waals surface area (Å²) in [6.07, 6.45) is 3.38. The standard InChI is InChI=1S/C29H28ClNO3/c1-6-33-28-20(5)29-23(24(16-34-29)21-12-11-17(2)13-18(21)3)15-22(28)19(4)14-27(32)31-26-10-8-7-9-25(26)30/h7-16H,6H2,1-5H3,(H,31,32)/b19-14+. The van der Waals surface area contributed by atoms with Crippen LogP contribution in [-0.2, 0) is 4.79 Å². The first-order valence-electron chi connectivity index (χ1n) is 11.3. The molecule has 1 N–H and O–H groups in total. The third kappa shape index (κ3) is 4.59. The molecule has 0 fully saturated rings. The van der Waals surface area contributed by atoms with Crippen LogP contribution < -0.4 is 10.1 Å². The molecule has 0 radical (unpaired) electrons. The number of anilines is 1. The summed E-state index contributed by atoms with van der Waals surface area (Å²) in [6.45, 7) is 10.5. The molecule has 0 aliphatic carbocycles. The molecule has 0 saturated carbocycles. The molecule has 4 rings (SSSR count). The van der Waals surface area contributed by atoms with Crippen molar-refractivity contribution in [2.45, 2.75) is 34.6 Å². The fraction of sp³-hybridized carbons (Fsp3) is 0.207. The summed E-state index contributed by atoms with van der Waals surface area (Å²) >= 11 is 6.19. The smallest absolute Gasteiger partial charge is 0.248 e. The predicted octanol–water partition coefficient (Wildman–Crippen LogP) is 8.12. The van der Waals surface area contributed by atoms with E-state index in [4.69, 9.17) is 20.8 Å². The summed E-state index contributed by atoms with van der Waals surface area (Å²) in [7, 11) is 0. The van der Waals surface area contributed by atoms with Gasteiger partial charge in [-0.3, -0.25) is 4.79 Å². The van der Waals surface area contributed by atoms with E-state index in [1.807, 2.05) is 32.9 Å². The fourth-order valence-corrected chi connectivity index (χ4v) is 4.45. The minimum absolute atomic E-state index is 0.257. The third-order valence-corrected chi connectivity index (χ3v) is 6.24. The number of amides is 1. The number of nitrogens with one attached hydrogen (secondary N) is 1. The van der Waals surface area contributed by atoms with E-state index in [0.717, 1.165) is 44.5 Å². The average Bonchev–Trinajstić information content (AvgIpc) is 3.21. The van der Waals surface area contributed by atoms with Crippen molar-refractivity contribution in [3.63, 3.8) is 0 Å². The minimum Gasteiger partial charge on any atom is -0.493 e. The second-order valence-electron chi connectivity index (χ2n) is 8.45. The van der Waals surface area contributed by atoms with E-state index in [1.165, 1.54) is 11.1 Å². The maximum Gasteiger partial charge on any atom is 0.248 e. The Morgan fingerprint density at radius 2 is 1.85 bits per heavy atom. The summed E-state index contributed by atoms with van der Waals surface area (Å²) in [5.41, 5.74) is 8.45. The molecule has 0 aliphatic heterocycles. The largest absolute Gasteiger partial charge is 0.493 e. The van der Waals surface area contributed by atoms with Crippen LogP contribution in [0.15, 0.2) is 65.3 Å². The van der Waals surface area contributed by atoms with E-state index in [-0.39, 0.29) is 5.91 Å². The molecule has 5 heteroatoms. The van der Waals surface area contributed by atoms with Gasteiger partial charge in [-0.25, -0.2) is 0 Å². The zero-order valence-electron chi connectivity index (χ0n) is 20.1. The van der Waals surface area contributed by atoms with Crippen LogP contribution in [0.3, 0.4) is 0 Å². The van der Waals surface area contributed by atoms with Crippen molar-refractivity contribution >= 4 is 39.7 Å². The highest BCUT2D eigenvalue weighted by Crippen LogP contribution is 2.41. The molecule has 34 heavy (non-hydrogen) atoms. The lowest BCUT2D eigenvalue weighted by atomic mass is 9.94. The minimum atomic E-state index is -0.257. The van der Waals surface area contributed by atoms with Gasteiger partial charge in [0.15, 0.2) is 0 Å². The van der Waals surface area contributed by atoms with E-state index in [2.05, 4.69) is 43.4 Å². The Balaban J connectivity index is 1.81. The van der Waals surface area contributed by atoms with Gasteiger partial charge in [-0.05, 0) is 69.5 Å². The van der Waals surface area contributed by atoms with E-state index in [9.17, 15) is 4.79 Å². The molecule has 1 aromatic heterocycles. The van der Waals surface area contributed by atoms with Crippen LogP contribution in [0.25, 0.3) is 27.7 Å². The summed E-state index contributed by atoms with van der Waals surface area (Å²) in [4.78, 5) is 12.8. The van der Waals surface area contributed by atoms with Crippen LogP contribution >= 0.6 is 11.6 Å². The Kier molecular flexibility index (Phi) is 6.80. The number of carbonyl (C=O) groups excluding carboxylic acids is 1. The molecule has 3 aromatic carbocycles. The van der Waals surface area contributed by atoms with Gasteiger partial charge in [0.05, 0.1) is 23.6 Å². The molecule has 0 unspecified atom stereocenters. The van der Waals surface area contributed by atoms with Crippen molar-refractivity contribution in [2.75, 3.05) is 11.9 Å². The summed E-state index contributed by atoms with van der Waals surface area (Å²) in [5.74, 6) is 0.461. The molecule has 4 nitrogen and oxygen atoms in total. The van der Waals surface area contributed by atoms with E-state index in [0.29, 0.717) is 17.3 Å². The molecule has 0 atom stereocenters. The van der Waals surface area contributed by atoms with Gasteiger partial charge < -0.3 is 14.5 Å². The van der Waals surface area contributed by atoms with Crippen molar-refractivity contribution in [3.8, 4) is 16.9 Å². The van der Waals surface area contributed by atoms with Crippen LogP contribution in [0.4, 0.5) is 5.69 Å². The number of para-hydroxylation sites is 1. The number of hydrogen-bond donors (Lipinski definition) is 1. The van der Waals surface area contributed by atoms with Crippen LogP contribution in [0.5, 0.6) is 5.75 Å². The Bertz CT molecular complexity index is 1410. The topological polar surface area (TPSA) is 51.5 Å². The molecule has 0 spiro atoms. The number of hydrogen-bond acceptors (Lipinski definition) is 3. The highest BCUT2D eigenvalue weighted by Gasteiger charge is 2.20. The number of benzene rings is 3. The first-order valence-corrected chi connectivity index (χ1v) is 11.7. The number of rotatable bonds is 6. The molecule has 0 saturated heterocycles. The van der Waals surface area contributed by atoms with Crippen molar-refractivity contribution in [1.29, 1.82) is 0 Å². The zero-order chi connectivity index (χ0) is 24.4. The maximum absolute atomic E-state index is 12.8. The highest BCUT2D eigenvalue weighted by atomic mass is 35.5. The lowest BCUT2D eigenvalue weighted by Gasteiger charge is -2.15. The van der Waals surface area contributed by atoms with Crippen LogP contribution in [0.1, 0.15) is 36.1 Å². The summed E-state index contributed by atoms with van der Waals surface area (Å²) in [5, 5.41) is 4.33. The van der Waals surface area contributed by atoms with E-state index in [1.54, 1.807) is 24.5 Å². The third-order valence-electron chi connectivity index (χ3n) is 5.91. The number of carbonyl (C=O) groups is 1. The number of aryl methyl sites for hydroxylation is 3. The van der Waals surface area contributed by atoms with Gasteiger partial charge in [0.2, 0.25) is 5.91 Å². The summed E-state index contributed by atoms with van der Waals surface area (Å²) < 4.78 is 12.0. The Morgan fingerprint density at radius 3 is 2.56 bits per heavy atom. The average molecular weight is 474 g/mol. The molecular weight excluding hydrogens is 446 g/mol. The SMILES string of the molecule is CCOc1c(/C(C)=C/C(=O)Nc2ccccc2Cl)cc2c(-c3ccc(C)cc3C)coc2c1C. The van der Waals surface area contributed by atoms with Crippen molar-refractivity contribution in [1.82, 2.24) is 0 Å². The molecule has 174 valence electrons. The second kappa shape index (κ2) is 9.78. The van der Waals surface area contributed by atoms with Gasteiger partial charge in [-0.2, -0.15) is 0 Å². The van der Waals surface area contributed by atoms with Crippen molar-refractivity contribution in [2.24, 2.45) is 0 Å². The Hall–Kier alpha value is -3.50. The first kappa shape index (κ1) is 23.7. The number of allylic oxidation sites excluding steroid dienone is 1. The zero-order valence-corrected chi connectivity index (χ0v) is 20.8. The summed E-state index contributed by atoms with van der Waals surface area (Å²) in [6, 6.07) is 15.6. The maximum atomic E-state index is 12.8.